The Balaban J connectivity index is 1.97. The van der Waals surface area contributed by atoms with E-state index in [9.17, 15) is 4.79 Å². The molecule has 5 heteroatoms. The van der Waals surface area contributed by atoms with Crippen LogP contribution >= 0.6 is 11.3 Å². The number of morpholine rings is 1. The van der Waals surface area contributed by atoms with Gasteiger partial charge in [-0.25, -0.2) is 0 Å². The highest BCUT2D eigenvalue weighted by molar-refractivity contribution is 7.09. The average molecular weight is 227 g/mol. The number of carbonyl (C=O) groups is 1. The molecule has 1 saturated heterocycles. The van der Waals surface area contributed by atoms with E-state index in [1.807, 2.05) is 17.5 Å². The Hall–Kier alpha value is -0.910. The van der Waals surface area contributed by atoms with Crippen molar-refractivity contribution in [2.45, 2.75) is 12.6 Å². The van der Waals surface area contributed by atoms with Crippen molar-refractivity contribution in [1.29, 1.82) is 0 Å². The largest absolute Gasteiger partial charge is 0.394 e. The number of aliphatic hydroxyl groups excluding tert-OH is 1. The van der Waals surface area contributed by atoms with Gasteiger partial charge in [-0.2, -0.15) is 0 Å². The molecular weight excluding hydrogens is 214 g/mol. The van der Waals surface area contributed by atoms with Crippen LogP contribution in [0.2, 0.25) is 0 Å². The van der Waals surface area contributed by atoms with E-state index in [-0.39, 0.29) is 25.2 Å². The van der Waals surface area contributed by atoms with Gasteiger partial charge in [0.1, 0.15) is 6.61 Å². The Morgan fingerprint density at radius 3 is 3.20 bits per heavy atom. The summed E-state index contributed by atoms with van der Waals surface area (Å²) in [5, 5.41) is 11.0. The standard InChI is InChI=1S/C10H13NO3S/c12-6-8-4-11(10(13)7-14-8)5-9-2-1-3-15-9/h1-3,8,12H,4-7H2. The molecule has 1 aliphatic rings. The minimum absolute atomic E-state index is 0.00639. The van der Waals surface area contributed by atoms with Crippen LogP contribution in [0.4, 0.5) is 0 Å². The molecule has 0 aromatic carbocycles. The van der Waals surface area contributed by atoms with Crippen LogP contribution in [-0.4, -0.2) is 41.8 Å². The molecule has 4 nitrogen and oxygen atoms in total. The Kier molecular flexibility index (Phi) is 3.35. The molecule has 0 spiro atoms. The molecule has 82 valence electrons. The van der Waals surface area contributed by atoms with Crippen LogP contribution in [0.3, 0.4) is 0 Å². The van der Waals surface area contributed by atoms with Crippen molar-refractivity contribution in [2.24, 2.45) is 0 Å². The van der Waals surface area contributed by atoms with Gasteiger partial charge in [-0.1, -0.05) is 6.07 Å². The lowest BCUT2D eigenvalue weighted by Gasteiger charge is -2.31. The molecule has 0 saturated carbocycles. The highest BCUT2D eigenvalue weighted by atomic mass is 32.1. The number of nitrogens with zero attached hydrogens (tertiary/aromatic N) is 1. The molecule has 2 heterocycles. The van der Waals surface area contributed by atoms with Crippen LogP contribution in [0.1, 0.15) is 4.88 Å². The number of hydrogen-bond donors (Lipinski definition) is 1. The van der Waals surface area contributed by atoms with Gasteiger partial charge >= 0.3 is 0 Å². The van der Waals surface area contributed by atoms with Crippen molar-refractivity contribution in [3.8, 4) is 0 Å². The highest BCUT2D eigenvalue weighted by Crippen LogP contribution is 2.15. The lowest BCUT2D eigenvalue weighted by Crippen LogP contribution is -2.47. The second kappa shape index (κ2) is 4.74. The maximum Gasteiger partial charge on any atom is 0.249 e. The third-order valence-corrected chi connectivity index (χ3v) is 3.21. The molecule has 1 aliphatic heterocycles. The third kappa shape index (κ3) is 2.56. The topological polar surface area (TPSA) is 49.8 Å². The Bertz CT molecular complexity index is 325. The van der Waals surface area contributed by atoms with E-state index in [0.29, 0.717) is 13.1 Å². The third-order valence-electron chi connectivity index (χ3n) is 2.35. The molecule has 1 fully saturated rings. The van der Waals surface area contributed by atoms with Crippen LogP contribution in [0, 0.1) is 0 Å². The summed E-state index contributed by atoms with van der Waals surface area (Å²) in [6.07, 6.45) is -0.234. The van der Waals surface area contributed by atoms with Crippen molar-refractivity contribution >= 4 is 17.2 Å². The first-order valence-corrected chi connectivity index (χ1v) is 5.70. The predicted molar refractivity (Wildman–Crippen MR) is 56.6 cm³/mol. The summed E-state index contributed by atoms with van der Waals surface area (Å²) in [5.74, 6) is -0.00639. The number of hydrogen-bond acceptors (Lipinski definition) is 4. The first-order chi connectivity index (χ1) is 7.29. The van der Waals surface area contributed by atoms with Crippen LogP contribution in [0.5, 0.6) is 0 Å². The Morgan fingerprint density at radius 1 is 1.67 bits per heavy atom. The highest BCUT2D eigenvalue weighted by Gasteiger charge is 2.25. The number of rotatable bonds is 3. The lowest BCUT2D eigenvalue weighted by molar-refractivity contribution is -0.151. The van der Waals surface area contributed by atoms with Crippen molar-refractivity contribution in [3.63, 3.8) is 0 Å². The van der Waals surface area contributed by atoms with E-state index in [0.717, 1.165) is 4.88 Å². The van der Waals surface area contributed by atoms with Crippen molar-refractivity contribution in [3.05, 3.63) is 22.4 Å². The van der Waals surface area contributed by atoms with Gasteiger partial charge in [-0.05, 0) is 11.4 Å². The number of thiophene rings is 1. The van der Waals surface area contributed by atoms with Crippen molar-refractivity contribution in [2.75, 3.05) is 19.8 Å². The Labute approximate surface area is 92.1 Å². The maximum absolute atomic E-state index is 11.5. The van der Waals surface area contributed by atoms with Crippen LogP contribution in [0.15, 0.2) is 17.5 Å². The summed E-state index contributed by atoms with van der Waals surface area (Å²) in [5.41, 5.74) is 0. The molecular formula is C10H13NO3S. The lowest BCUT2D eigenvalue weighted by atomic mass is 10.2. The predicted octanol–water partition coefficient (Wildman–Crippen LogP) is 0.468. The minimum atomic E-state index is -0.234. The summed E-state index contributed by atoms with van der Waals surface area (Å²) >= 11 is 1.63. The van der Waals surface area contributed by atoms with Gasteiger partial charge in [0.05, 0.1) is 19.3 Å². The number of ether oxygens (including phenoxy) is 1. The van der Waals surface area contributed by atoms with Gasteiger partial charge in [0.2, 0.25) is 5.91 Å². The molecule has 1 atom stereocenters. The summed E-state index contributed by atoms with van der Waals surface area (Å²) in [4.78, 5) is 14.4. The van der Waals surface area contributed by atoms with Gasteiger partial charge in [0.15, 0.2) is 0 Å². The summed E-state index contributed by atoms with van der Waals surface area (Å²) in [6.45, 7) is 1.15. The zero-order valence-electron chi connectivity index (χ0n) is 8.26. The molecule has 0 radical (unpaired) electrons. The quantitative estimate of drug-likeness (QED) is 0.816. The fourth-order valence-electron chi connectivity index (χ4n) is 1.53. The molecule has 0 bridgehead atoms. The maximum atomic E-state index is 11.5. The molecule has 1 aromatic heterocycles. The fourth-order valence-corrected chi connectivity index (χ4v) is 2.25. The Morgan fingerprint density at radius 2 is 2.53 bits per heavy atom. The SMILES string of the molecule is O=C1COC(CO)CN1Cc1cccs1. The number of aliphatic hydroxyl groups is 1. The van der Waals surface area contributed by atoms with Crippen molar-refractivity contribution in [1.82, 2.24) is 4.90 Å². The van der Waals surface area contributed by atoms with Crippen LogP contribution < -0.4 is 0 Å². The molecule has 0 aliphatic carbocycles. The molecule has 1 amide bonds. The average Bonchev–Trinajstić information content (AvgIpc) is 2.74. The van der Waals surface area contributed by atoms with E-state index >= 15 is 0 Å². The van der Waals surface area contributed by atoms with Gasteiger partial charge in [-0.15, -0.1) is 11.3 Å². The van der Waals surface area contributed by atoms with Crippen LogP contribution in [-0.2, 0) is 16.1 Å². The van der Waals surface area contributed by atoms with E-state index in [1.54, 1.807) is 16.2 Å². The number of carbonyl (C=O) groups excluding carboxylic acids is 1. The second-order valence-electron chi connectivity index (χ2n) is 3.47. The molecule has 1 unspecified atom stereocenters. The van der Waals surface area contributed by atoms with Gasteiger partial charge in [0.25, 0.3) is 0 Å². The van der Waals surface area contributed by atoms with Gasteiger partial charge < -0.3 is 14.7 Å². The summed E-state index contributed by atoms with van der Waals surface area (Å²) in [6, 6.07) is 3.97. The monoisotopic (exact) mass is 227 g/mol. The van der Waals surface area contributed by atoms with E-state index < -0.39 is 0 Å². The normalized spacial score (nSPS) is 22.1. The zero-order chi connectivity index (χ0) is 10.7. The van der Waals surface area contributed by atoms with Gasteiger partial charge in [0, 0.05) is 11.4 Å². The summed E-state index contributed by atoms with van der Waals surface area (Å²) in [7, 11) is 0. The first kappa shape index (κ1) is 10.6. The second-order valence-corrected chi connectivity index (χ2v) is 4.50. The molecule has 1 aromatic rings. The van der Waals surface area contributed by atoms with Crippen LogP contribution in [0.25, 0.3) is 0 Å². The molecule has 1 N–H and O–H groups in total. The van der Waals surface area contributed by atoms with Crippen molar-refractivity contribution < 1.29 is 14.6 Å². The van der Waals surface area contributed by atoms with Gasteiger partial charge in [-0.3, -0.25) is 4.79 Å². The summed E-state index contributed by atoms with van der Waals surface area (Å²) < 4.78 is 5.15. The first-order valence-electron chi connectivity index (χ1n) is 4.82. The van der Waals surface area contributed by atoms with E-state index in [2.05, 4.69) is 0 Å². The minimum Gasteiger partial charge on any atom is -0.394 e. The smallest absolute Gasteiger partial charge is 0.249 e. The zero-order valence-corrected chi connectivity index (χ0v) is 9.07. The number of amides is 1. The molecule has 2 rings (SSSR count). The molecule has 15 heavy (non-hydrogen) atoms. The van der Waals surface area contributed by atoms with E-state index in [1.165, 1.54) is 0 Å². The fraction of sp³-hybridized carbons (Fsp3) is 0.500. The van der Waals surface area contributed by atoms with E-state index in [4.69, 9.17) is 9.84 Å².